The van der Waals surface area contributed by atoms with Crippen molar-refractivity contribution in [2.45, 2.75) is 12.7 Å². The van der Waals surface area contributed by atoms with Crippen molar-refractivity contribution in [3.63, 3.8) is 0 Å². The second kappa shape index (κ2) is 4.02. The molecule has 0 spiro atoms. The standard InChI is InChI=1S/C3H8BN/c4-2-1-3-5/h1-3,5H2. The molecule has 0 atom stereocenters. The Labute approximate surface area is 34.0 Å². The fourth-order valence-corrected chi connectivity index (χ4v) is 0.118. The third-order valence-electron chi connectivity index (χ3n) is 0.408. The lowest BCUT2D eigenvalue weighted by atomic mass is 10.0. The Balaban J connectivity index is 2.19. The fourth-order valence-electron chi connectivity index (χ4n) is 0.118. The highest BCUT2D eigenvalue weighted by atomic mass is 14.5. The summed E-state index contributed by atoms with van der Waals surface area (Å²) in [5, 5.41) is 0. The Morgan fingerprint density at radius 3 is 2.20 bits per heavy atom. The van der Waals surface area contributed by atoms with Gasteiger partial charge in [-0.3, -0.25) is 0 Å². The van der Waals surface area contributed by atoms with Crippen LogP contribution in [0.2, 0.25) is 6.32 Å². The molecule has 1 nitrogen and oxygen atoms in total. The van der Waals surface area contributed by atoms with Gasteiger partial charge in [0.2, 0.25) is 0 Å². The zero-order valence-electron chi connectivity index (χ0n) is 3.28. The molecule has 2 radical (unpaired) electrons. The molecule has 0 heterocycles. The largest absolute Gasteiger partial charge is 0.331 e. The van der Waals surface area contributed by atoms with Gasteiger partial charge in [-0.1, -0.05) is 6.32 Å². The molecule has 0 aromatic carbocycles. The van der Waals surface area contributed by atoms with Gasteiger partial charge in [0.05, 0.1) is 7.85 Å². The molecule has 2 heteroatoms. The highest BCUT2D eigenvalue weighted by Crippen LogP contribution is 1.74. The summed E-state index contributed by atoms with van der Waals surface area (Å²) >= 11 is 0. The normalized spacial score (nSPS) is 8.20. The van der Waals surface area contributed by atoms with E-state index in [-0.39, 0.29) is 0 Å². The van der Waals surface area contributed by atoms with E-state index in [2.05, 4.69) is 0 Å². The molecular formula is C3H8BN. The van der Waals surface area contributed by atoms with Gasteiger partial charge in [0.1, 0.15) is 0 Å². The Bertz CT molecular complexity index is 14.4. The van der Waals surface area contributed by atoms with Gasteiger partial charge in [-0.15, -0.1) is 0 Å². The zero-order chi connectivity index (χ0) is 4.12. The molecule has 0 saturated carbocycles. The van der Waals surface area contributed by atoms with E-state index in [0.29, 0.717) is 0 Å². The van der Waals surface area contributed by atoms with Crippen LogP contribution in [0.4, 0.5) is 0 Å². The molecule has 0 aliphatic carbocycles. The monoisotopic (exact) mass is 69.1 g/mol. The molecule has 28 valence electrons. The first-order valence-electron chi connectivity index (χ1n) is 1.82. The van der Waals surface area contributed by atoms with Gasteiger partial charge in [0.15, 0.2) is 0 Å². The maximum atomic E-state index is 5.06. The number of nitrogens with two attached hydrogens (primary N) is 1. The van der Waals surface area contributed by atoms with Crippen molar-refractivity contribution >= 4 is 7.85 Å². The summed E-state index contributed by atoms with van der Waals surface area (Å²) in [6.07, 6.45) is 1.66. The van der Waals surface area contributed by atoms with Crippen molar-refractivity contribution in [3.8, 4) is 0 Å². The number of hydrogen-bond donors (Lipinski definition) is 1. The van der Waals surface area contributed by atoms with Crippen molar-refractivity contribution < 1.29 is 0 Å². The lowest BCUT2D eigenvalue weighted by Crippen LogP contribution is -1.96. The molecule has 0 fully saturated rings. The van der Waals surface area contributed by atoms with Crippen LogP contribution in [0.5, 0.6) is 0 Å². The van der Waals surface area contributed by atoms with Crippen molar-refractivity contribution in [2.24, 2.45) is 5.73 Å². The first-order chi connectivity index (χ1) is 2.41. The quantitative estimate of drug-likeness (QED) is 0.451. The van der Waals surface area contributed by atoms with Gasteiger partial charge in [-0.25, -0.2) is 0 Å². The van der Waals surface area contributed by atoms with Crippen LogP contribution >= 0.6 is 0 Å². The minimum atomic E-state index is 0.719. The first kappa shape index (κ1) is 5.02. The average molecular weight is 68.9 g/mol. The van der Waals surface area contributed by atoms with Crippen LogP contribution in [0.3, 0.4) is 0 Å². The SMILES string of the molecule is [B]CCCN. The summed E-state index contributed by atoms with van der Waals surface area (Å²) in [4.78, 5) is 0. The maximum Gasteiger partial charge on any atom is 0.0653 e. The second-order valence-corrected chi connectivity index (χ2v) is 0.931. The van der Waals surface area contributed by atoms with E-state index in [0.717, 1.165) is 19.3 Å². The minimum absolute atomic E-state index is 0.719. The van der Waals surface area contributed by atoms with Gasteiger partial charge in [0.25, 0.3) is 0 Å². The Morgan fingerprint density at radius 1 is 1.60 bits per heavy atom. The van der Waals surface area contributed by atoms with E-state index >= 15 is 0 Å². The molecule has 5 heavy (non-hydrogen) atoms. The van der Waals surface area contributed by atoms with Gasteiger partial charge in [0, 0.05) is 0 Å². The molecular weight excluding hydrogens is 60.9 g/mol. The van der Waals surface area contributed by atoms with E-state index in [9.17, 15) is 0 Å². The van der Waals surface area contributed by atoms with E-state index in [1.165, 1.54) is 0 Å². The molecule has 2 N–H and O–H groups in total. The predicted octanol–water partition coefficient (Wildman–Crippen LogP) is -0.0780. The molecule has 0 aromatic heterocycles. The highest BCUT2D eigenvalue weighted by Gasteiger charge is 1.68. The van der Waals surface area contributed by atoms with E-state index < -0.39 is 0 Å². The van der Waals surface area contributed by atoms with Crippen LogP contribution in [0.15, 0.2) is 0 Å². The van der Waals surface area contributed by atoms with Crippen LogP contribution < -0.4 is 5.73 Å². The molecule has 0 aliphatic heterocycles. The van der Waals surface area contributed by atoms with Gasteiger partial charge < -0.3 is 5.73 Å². The Hall–Kier alpha value is 0.0249. The van der Waals surface area contributed by atoms with E-state index in [1.807, 2.05) is 0 Å². The van der Waals surface area contributed by atoms with E-state index in [4.69, 9.17) is 13.6 Å². The Morgan fingerprint density at radius 2 is 2.20 bits per heavy atom. The summed E-state index contributed by atoms with van der Waals surface area (Å²) in [5.74, 6) is 0. The summed E-state index contributed by atoms with van der Waals surface area (Å²) in [6, 6.07) is 0. The lowest BCUT2D eigenvalue weighted by molar-refractivity contribution is 0.930. The summed E-state index contributed by atoms with van der Waals surface area (Å²) in [6.45, 7) is 0.719. The molecule has 0 bridgehead atoms. The average Bonchev–Trinajstić information content (AvgIpc) is 1.41. The minimum Gasteiger partial charge on any atom is -0.331 e. The molecule has 0 unspecified atom stereocenters. The van der Waals surface area contributed by atoms with Crippen LogP contribution in [-0.2, 0) is 0 Å². The van der Waals surface area contributed by atoms with Gasteiger partial charge in [-0.2, -0.15) is 0 Å². The topological polar surface area (TPSA) is 26.0 Å². The first-order valence-corrected chi connectivity index (χ1v) is 1.82. The van der Waals surface area contributed by atoms with Crippen molar-refractivity contribution in [1.82, 2.24) is 0 Å². The van der Waals surface area contributed by atoms with E-state index in [1.54, 1.807) is 0 Å². The van der Waals surface area contributed by atoms with Gasteiger partial charge in [-0.05, 0) is 13.0 Å². The molecule has 0 rings (SSSR count). The second-order valence-electron chi connectivity index (χ2n) is 0.931. The third-order valence-corrected chi connectivity index (χ3v) is 0.408. The summed E-state index contributed by atoms with van der Waals surface area (Å²) < 4.78 is 0. The van der Waals surface area contributed by atoms with Crippen molar-refractivity contribution in [1.29, 1.82) is 0 Å². The molecule has 0 saturated heterocycles. The number of hydrogen-bond acceptors (Lipinski definition) is 1. The smallest absolute Gasteiger partial charge is 0.0653 e. The number of rotatable bonds is 2. The molecule has 0 amide bonds. The Kier molecular flexibility index (Phi) is 4.05. The third kappa shape index (κ3) is 4.02. The van der Waals surface area contributed by atoms with Crippen LogP contribution in [-0.4, -0.2) is 14.4 Å². The lowest BCUT2D eigenvalue weighted by Gasteiger charge is -1.80. The molecule has 0 aliphatic rings. The van der Waals surface area contributed by atoms with Crippen molar-refractivity contribution in [2.75, 3.05) is 6.54 Å². The van der Waals surface area contributed by atoms with Crippen molar-refractivity contribution in [3.05, 3.63) is 0 Å². The highest BCUT2D eigenvalue weighted by molar-refractivity contribution is 6.08. The maximum absolute atomic E-state index is 5.06. The summed E-state index contributed by atoms with van der Waals surface area (Å²) in [5.41, 5.74) is 5.06. The predicted molar refractivity (Wildman–Crippen MR) is 24.2 cm³/mol. The summed E-state index contributed by atoms with van der Waals surface area (Å²) in [7, 11) is 5.06. The molecule has 0 aromatic rings. The van der Waals surface area contributed by atoms with Crippen LogP contribution in [0.25, 0.3) is 0 Å². The fraction of sp³-hybridized carbons (Fsp3) is 1.00. The van der Waals surface area contributed by atoms with Crippen LogP contribution in [0.1, 0.15) is 6.42 Å². The van der Waals surface area contributed by atoms with Crippen LogP contribution in [0, 0.1) is 0 Å². The van der Waals surface area contributed by atoms with Gasteiger partial charge >= 0.3 is 0 Å². The zero-order valence-corrected chi connectivity index (χ0v) is 3.28.